The number of esters is 1. The Balaban J connectivity index is 1.54. The fraction of sp³-hybridized carbons (Fsp3) is 0.194. The van der Waals surface area contributed by atoms with Gasteiger partial charge in [-0.3, -0.25) is 9.59 Å². The third kappa shape index (κ3) is 3.53. The fourth-order valence-corrected chi connectivity index (χ4v) is 6.41. The largest absolute Gasteiger partial charge is 0.507 e. The molecule has 11 heteroatoms. The first kappa shape index (κ1) is 26.9. The minimum atomic E-state index is -1.29. The Kier molecular flexibility index (Phi) is 5.84. The molecule has 214 valence electrons. The highest BCUT2D eigenvalue weighted by atomic mass is 16.5. The van der Waals surface area contributed by atoms with Gasteiger partial charge in [0.2, 0.25) is 5.78 Å². The quantitative estimate of drug-likeness (QED) is 0.105. The normalized spacial score (nSPS) is 20.3. The maximum atomic E-state index is 13.9. The molecule has 3 aromatic rings. The van der Waals surface area contributed by atoms with Crippen LogP contribution in [0.3, 0.4) is 0 Å². The molecule has 42 heavy (non-hydrogen) atoms. The lowest BCUT2D eigenvalue weighted by molar-refractivity contribution is -0.117. The SMILES string of the molecule is COC(=O)c1c(O)ccc(O)c1C(=O)c1c(O)cc2c(c1O)[C@H]1C=C(C2)C2C(=C(O)c3c(O)cc(C)cc3[C@@H]2O)C1=O. The number of allylic oxidation sites excluding steroid dienone is 1. The summed E-state index contributed by atoms with van der Waals surface area (Å²) in [4.78, 5) is 39.9. The zero-order valence-electron chi connectivity index (χ0n) is 22.2. The van der Waals surface area contributed by atoms with Crippen LogP contribution in [0.15, 0.2) is 47.6 Å². The third-order valence-electron chi connectivity index (χ3n) is 8.17. The molecule has 0 heterocycles. The van der Waals surface area contributed by atoms with Gasteiger partial charge in [0.15, 0.2) is 5.78 Å². The van der Waals surface area contributed by atoms with Gasteiger partial charge in [-0.15, -0.1) is 0 Å². The van der Waals surface area contributed by atoms with Gasteiger partial charge in [-0.2, -0.15) is 0 Å². The minimum absolute atomic E-state index is 0.0190. The Morgan fingerprint density at radius 2 is 1.55 bits per heavy atom. The van der Waals surface area contributed by atoms with Gasteiger partial charge in [0.05, 0.1) is 30.3 Å². The van der Waals surface area contributed by atoms with Crippen molar-refractivity contribution in [3.63, 3.8) is 0 Å². The summed E-state index contributed by atoms with van der Waals surface area (Å²) in [7, 11) is 0.991. The van der Waals surface area contributed by atoms with Gasteiger partial charge < -0.3 is 40.5 Å². The van der Waals surface area contributed by atoms with Gasteiger partial charge in [0.25, 0.3) is 0 Å². The number of aryl methyl sites for hydroxylation is 1. The molecule has 0 amide bonds. The lowest BCUT2D eigenvalue weighted by atomic mass is 9.63. The molecule has 0 fully saturated rings. The predicted octanol–water partition coefficient (Wildman–Crippen LogP) is 3.32. The lowest BCUT2D eigenvalue weighted by Crippen LogP contribution is -2.37. The Labute approximate surface area is 237 Å². The van der Waals surface area contributed by atoms with Crippen molar-refractivity contribution in [2.45, 2.75) is 25.4 Å². The smallest absolute Gasteiger partial charge is 0.342 e. The number of hydrogen-bond donors (Lipinski definition) is 7. The molecule has 3 aliphatic carbocycles. The van der Waals surface area contributed by atoms with Crippen molar-refractivity contribution < 1.29 is 54.9 Å². The highest BCUT2D eigenvalue weighted by molar-refractivity contribution is 6.20. The van der Waals surface area contributed by atoms with Crippen LogP contribution in [0.1, 0.15) is 66.1 Å². The molecule has 6 rings (SSSR count). The molecule has 0 saturated carbocycles. The number of ketones is 2. The van der Waals surface area contributed by atoms with Gasteiger partial charge >= 0.3 is 5.97 Å². The van der Waals surface area contributed by atoms with E-state index in [9.17, 15) is 50.1 Å². The number of carbonyl (C=O) groups is 3. The summed E-state index contributed by atoms with van der Waals surface area (Å²) in [5, 5.41) is 76.1. The average molecular weight is 573 g/mol. The number of fused-ring (bicyclic) bond motifs is 6. The van der Waals surface area contributed by atoms with Crippen LogP contribution >= 0.6 is 0 Å². The van der Waals surface area contributed by atoms with Crippen LogP contribution in [0.4, 0.5) is 0 Å². The van der Waals surface area contributed by atoms with Gasteiger partial charge in [-0.1, -0.05) is 17.7 Å². The fourth-order valence-electron chi connectivity index (χ4n) is 6.41. The number of benzene rings is 3. The first-order valence-corrected chi connectivity index (χ1v) is 12.8. The maximum Gasteiger partial charge on any atom is 0.342 e. The van der Waals surface area contributed by atoms with Crippen LogP contribution in [0, 0.1) is 12.8 Å². The van der Waals surface area contributed by atoms with E-state index in [0.29, 0.717) is 11.1 Å². The Morgan fingerprint density at radius 1 is 0.881 bits per heavy atom. The standard InChI is InChI=1S/C31H24O11/c1-10-5-13-21(17(34)6-10)29(39)25-20(26(13)36)11-7-12-9-18(35)24(28(38)19(12)14(8-11)27(25)37)30(40)22-15(32)3-4-16(33)23(22)31(41)42-2/h3-6,8-9,14,20,26,32-36,38-39H,7H2,1-2H3/t14-,20?,26+/m1/s1. The van der Waals surface area contributed by atoms with Crippen molar-refractivity contribution in [1.29, 1.82) is 0 Å². The van der Waals surface area contributed by atoms with Gasteiger partial charge in [0, 0.05) is 17.1 Å². The molecule has 2 bridgehead atoms. The summed E-state index contributed by atoms with van der Waals surface area (Å²) in [5.74, 6) is -9.12. The molecule has 3 aliphatic rings. The summed E-state index contributed by atoms with van der Waals surface area (Å²) in [6.45, 7) is 1.70. The molecular weight excluding hydrogens is 548 g/mol. The highest BCUT2D eigenvalue weighted by Gasteiger charge is 2.49. The number of hydrogen-bond acceptors (Lipinski definition) is 11. The molecule has 0 saturated heterocycles. The number of ether oxygens (including phenoxy) is 1. The van der Waals surface area contributed by atoms with Crippen molar-refractivity contribution in [3.05, 3.63) is 92.1 Å². The number of Topliss-reactive ketones (excluding diaryl/α,β-unsaturated/α-hetero) is 1. The summed E-state index contributed by atoms with van der Waals surface area (Å²) in [6.07, 6.45) is 0.251. The van der Waals surface area contributed by atoms with Crippen molar-refractivity contribution in [2.75, 3.05) is 7.11 Å². The van der Waals surface area contributed by atoms with E-state index < -0.39 is 80.9 Å². The minimum Gasteiger partial charge on any atom is -0.507 e. The second-order valence-electron chi connectivity index (χ2n) is 10.6. The molecule has 7 N–H and O–H groups in total. The Hall–Kier alpha value is -5.29. The number of aliphatic hydroxyl groups excluding tert-OH is 2. The van der Waals surface area contributed by atoms with E-state index in [-0.39, 0.29) is 40.0 Å². The molecule has 0 aromatic heterocycles. The van der Waals surface area contributed by atoms with Crippen LogP contribution < -0.4 is 0 Å². The van der Waals surface area contributed by atoms with Crippen molar-refractivity contribution in [2.24, 2.45) is 5.92 Å². The number of aliphatic hydroxyl groups is 2. The molecule has 0 radical (unpaired) electrons. The maximum absolute atomic E-state index is 13.9. The highest BCUT2D eigenvalue weighted by Crippen LogP contribution is 2.56. The van der Waals surface area contributed by atoms with E-state index in [0.717, 1.165) is 19.2 Å². The van der Waals surface area contributed by atoms with E-state index in [1.807, 2.05) is 0 Å². The Bertz CT molecular complexity index is 1850. The second kappa shape index (κ2) is 9.11. The Morgan fingerprint density at radius 3 is 2.21 bits per heavy atom. The number of methoxy groups -OCH3 is 1. The van der Waals surface area contributed by atoms with E-state index in [4.69, 9.17) is 0 Å². The van der Waals surface area contributed by atoms with Gasteiger partial charge in [-0.25, -0.2) is 4.79 Å². The van der Waals surface area contributed by atoms with Gasteiger partial charge in [0.1, 0.15) is 45.6 Å². The first-order valence-electron chi connectivity index (χ1n) is 12.8. The molecule has 3 atom stereocenters. The molecule has 0 spiro atoms. The molecular formula is C31H24O11. The van der Waals surface area contributed by atoms with E-state index >= 15 is 0 Å². The summed E-state index contributed by atoms with van der Waals surface area (Å²) in [6, 6.07) is 6.07. The van der Waals surface area contributed by atoms with Crippen LogP contribution in [-0.2, 0) is 16.0 Å². The number of rotatable bonds is 3. The third-order valence-corrected chi connectivity index (χ3v) is 8.17. The van der Waals surface area contributed by atoms with Crippen LogP contribution in [0.25, 0.3) is 5.76 Å². The van der Waals surface area contributed by atoms with E-state index in [1.165, 1.54) is 18.2 Å². The first-order chi connectivity index (χ1) is 19.9. The van der Waals surface area contributed by atoms with Crippen molar-refractivity contribution in [3.8, 4) is 28.7 Å². The number of phenols is 5. The zero-order chi connectivity index (χ0) is 30.4. The monoisotopic (exact) mass is 572 g/mol. The van der Waals surface area contributed by atoms with Crippen LogP contribution in [0.2, 0.25) is 0 Å². The van der Waals surface area contributed by atoms with Crippen molar-refractivity contribution in [1.82, 2.24) is 0 Å². The van der Waals surface area contributed by atoms with Crippen LogP contribution in [-0.4, -0.2) is 60.4 Å². The number of aromatic hydroxyl groups is 5. The summed E-state index contributed by atoms with van der Waals surface area (Å²) >= 11 is 0. The molecule has 1 unspecified atom stereocenters. The van der Waals surface area contributed by atoms with Gasteiger partial charge in [-0.05, 0) is 54.3 Å². The average Bonchev–Trinajstić information content (AvgIpc) is 2.93. The number of carbonyl (C=O) groups excluding carboxylic acids is 3. The van der Waals surface area contributed by atoms with Crippen molar-refractivity contribution >= 4 is 23.3 Å². The predicted molar refractivity (Wildman–Crippen MR) is 145 cm³/mol. The summed E-state index contributed by atoms with van der Waals surface area (Å²) < 4.78 is 4.62. The second-order valence-corrected chi connectivity index (χ2v) is 10.6. The molecule has 0 aliphatic heterocycles. The zero-order valence-corrected chi connectivity index (χ0v) is 22.2. The van der Waals surface area contributed by atoms with E-state index in [2.05, 4.69) is 4.74 Å². The topological polar surface area (TPSA) is 202 Å². The molecule has 3 aromatic carbocycles. The van der Waals surface area contributed by atoms with E-state index in [1.54, 1.807) is 13.0 Å². The summed E-state index contributed by atoms with van der Waals surface area (Å²) in [5.41, 5.74) is -0.817. The molecule has 11 nitrogen and oxygen atoms in total. The number of phenolic OH excluding ortho intramolecular Hbond substituents is 5. The lowest BCUT2D eigenvalue weighted by Gasteiger charge is -2.41. The van der Waals surface area contributed by atoms with Crippen LogP contribution in [0.5, 0.6) is 28.7 Å².